The zero-order chi connectivity index (χ0) is 57.6. The maximum absolute atomic E-state index is 14.4. The molecule has 3 heterocycles. The minimum Gasteiger partial charge on any atom is -0.462 e. The van der Waals surface area contributed by atoms with Gasteiger partial charge in [-0.05, 0) is 144 Å². The van der Waals surface area contributed by atoms with Gasteiger partial charge in [-0.1, -0.05) is 59.8 Å². The molecular formula is C59H96N2O16. The monoisotopic (exact) mass is 1090 g/mol. The normalized spacial score (nSPS) is 40.0. The Bertz CT molecular complexity index is 2120. The lowest BCUT2D eigenvalue weighted by Crippen LogP contribution is -2.60. The van der Waals surface area contributed by atoms with Gasteiger partial charge in [0.2, 0.25) is 0 Å². The van der Waals surface area contributed by atoms with Gasteiger partial charge in [0.05, 0.1) is 48.5 Å². The topological polar surface area (TPSA) is 234 Å². The SMILES string of the molecule is CC[C@H]1OC(=O)[C@H](C)C(=O)[C@H](C)[C@@H](O[C@@H]2O[C@H](C)C[C@H](N(C)C)[C@H]2OC(=O)CCC(=O)O[C@H]2CC(=O)O[C@H](CC[C@@H]3[C@@H]4C(=C[C@H](C)C[C@@H]4OC(=O)C(C)(C)CC)C=C[C@@H]3C)C2)[C@](C)(O)C[C@@H](C)CN(C)[C@H](C)[C@@H](O)[C@]1(C)O. The van der Waals surface area contributed by atoms with E-state index in [4.69, 9.17) is 33.2 Å². The van der Waals surface area contributed by atoms with Crippen LogP contribution in [-0.2, 0) is 61.9 Å². The second-order valence-electron chi connectivity index (χ2n) is 25.1. The lowest BCUT2D eigenvalue weighted by molar-refractivity contribution is -0.296. The summed E-state index contributed by atoms with van der Waals surface area (Å²) >= 11 is 0. The van der Waals surface area contributed by atoms with Crippen molar-refractivity contribution in [1.82, 2.24) is 9.80 Å². The quantitative estimate of drug-likeness (QED) is 0.0883. The number of cyclic esters (lactones) is 2. The Labute approximate surface area is 458 Å². The van der Waals surface area contributed by atoms with E-state index < -0.39 is 119 Å². The summed E-state index contributed by atoms with van der Waals surface area (Å²) in [6.45, 7) is 23.6. The van der Waals surface area contributed by atoms with Crippen LogP contribution in [0.25, 0.3) is 0 Å². The molecule has 5 rings (SSSR count). The van der Waals surface area contributed by atoms with Gasteiger partial charge in [-0.15, -0.1) is 0 Å². The molecule has 0 aromatic carbocycles. The Morgan fingerprint density at radius 2 is 1.55 bits per heavy atom. The number of esters is 5. The second-order valence-corrected chi connectivity index (χ2v) is 25.1. The molecule has 0 aromatic heterocycles. The molecule has 0 amide bonds. The van der Waals surface area contributed by atoms with Crippen molar-refractivity contribution in [2.45, 2.75) is 239 Å². The van der Waals surface area contributed by atoms with Crippen molar-refractivity contribution in [3.05, 3.63) is 23.8 Å². The highest BCUT2D eigenvalue weighted by atomic mass is 16.7. The first-order valence-corrected chi connectivity index (χ1v) is 28.6. The van der Waals surface area contributed by atoms with Crippen LogP contribution in [0, 0.1) is 46.8 Å². The number of hydrogen-bond acceptors (Lipinski definition) is 18. The maximum Gasteiger partial charge on any atom is 0.316 e. The summed E-state index contributed by atoms with van der Waals surface area (Å²) in [6.07, 6.45) is 1.10. The Kier molecular flexibility index (Phi) is 22.2. The molecule has 0 aromatic rings. The molecule has 0 saturated carbocycles. The number of carbonyl (C=O) groups excluding carboxylic acids is 6. The Hall–Kier alpha value is -3.78. The standard InChI is InChI=1S/C59H96N2O16/c1-17-45-59(13,70)52(66)38(9)61(16)31-33(4)30-58(12,69)53(36(7)50(65)37(8)54(67)75-45)77-55-51(43(60(14)15)27-35(6)71-55)76-47(63)24-23-46(62)73-41-28-40(72-48(64)29-41)21-22-42-34(5)19-20-39-25-32(3)26-44(49(39)42)74-56(68)57(10,11)18-2/h19-20,25,32-38,40-45,49,51-53,55,66,69-70H,17-18,21-24,26-31H2,1-16H3/t32-,33+,34-,35+,36-,37+,38+,40+,41+,42-,43-,44-,45+,49-,51+,52+,53+,55-,58+,59+/m0/s1. The minimum absolute atomic E-state index is 0.00501. The average Bonchev–Trinajstić information content (AvgIpc) is 3.34. The molecule has 0 radical (unpaired) electrons. The van der Waals surface area contributed by atoms with Gasteiger partial charge in [-0.3, -0.25) is 28.8 Å². The van der Waals surface area contributed by atoms with Crippen LogP contribution in [0.5, 0.6) is 0 Å². The zero-order valence-electron chi connectivity index (χ0n) is 49.2. The van der Waals surface area contributed by atoms with Crippen LogP contribution in [0.15, 0.2) is 23.8 Å². The fourth-order valence-electron chi connectivity index (χ4n) is 12.5. The zero-order valence-corrected chi connectivity index (χ0v) is 49.2. The smallest absolute Gasteiger partial charge is 0.316 e. The van der Waals surface area contributed by atoms with Gasteiger partial charge < -0.3 is 58.3 Å². The number of rotatable bonds is 15. The highest BCUT2D eigenvalue weighted by Gasteiger charge is 2.51. The second kappa shape index (κ2) is 26.7. The molecule has 0 spiro atoms. The van der Waals surface area contributed by atoms with Gasteiger partial charge in [0.25, 0.3) is 0 Å². The third-order valence-corrected chi connectivity index (χ3v) is 17.7. The fraction of sp³-hybridized carbons (Fsp3) is 0.831. The molecule has 3 saturated heterocycles. The van der Waals surface area contributed by atoms with E-state index in [0.29, 0.717) is 38.6 Å². The summed E-state index contributed by atoms with van der Waals surface area (Å²) in [5.41, 5.74) is -3.05. The van der Waals surface area contributed by atoms with Crippen molar-refractivity contribution < 1.29 is 77.2 Å². The van der Waals surface area contributed by atoms with Crippen LogP contribution in [0.4, 0.5) is 0 Å². The van der Waals surface area contributed by atoms with Gasteiger partial charge in [-0.2, -0.15) is 0 Å². The number of Topliss-reactive ketones (excluding diaryl/α,β-unsaturated/α-hetero) is 1. The predicted molar refractivity (Wildman–Crippen MR) is 286 cm³/mol. The van der Waals surface area contributed by atoms with Crippen LogP contribution in [0.1, 0.15) is 161 Å². The largest absolute Gasteiger partial charge is 0.462 e. The summed E-state index contributed by atoms with van der Waals surface area (Å²) < 4.78 is 42.9. The molecule has 77 heavy (non-hydrogen) atoms. The van der Waals surface area contributed by atoms with Crippen molar-refractivity contribution in [3.8, 4) is 0 Å². The lowest BCUT2D eigenvalue weighted by atomic mass is 9.65. The van der Waals surface area contributed by atoms with Gasteiger partial charge in [-0.25, -0.2) is 0 Å². The Balaban J connectivity index is 1.27. The third kappa shape index (κ3) is 16.0. The molecule has 3 aliphatic heterocycles. The van der Waals surface area contributed by atoms with Crippen molar-refractivity contribution in [2.24, 2.45) is 46.8 Å². The molecular weight excluding hydrogens is 993 g/mol. The van der Waals surface area contributed by atoms with E-state index >= 15 is 0 Å². The van der Waals surface area contributed by atoms with E-state index in [1.54, 1.807) is 34.7 Å². The molecule has 2 aliphatic carbocycles. The summed E-state index contributed by atoms with van der Waals surface area (Å²) in [7, 11) is 5.42. The summed E-state index contributed by atoms with van der Waals surface area (Å²) in [5, 5.41) is 35.5. The molecule has 3 N–H and O–H groups in total. The van der Waals surface area contributed by atoms with Crippen molar-refractivity contribution in [1.29, 1.82) is 0 Å². The molecule has 18 heteroatoms. The average molecular weight is 1090 g/mol. The Morgan fingerprint density at radius 1 is 0.896 bits per heavy atom. The van der Waals surface area contributed by atoms with E-state index in [2.05, 4.69) is 32.1 Å². The number of ketones is 1. The number of carbonyl (C=O) groups is 6. The molecule has 0 bridgehead atoms. The number of aliphatic hydroxyl groups is 3. The van der Waals surface area contributed by atoms with Gasteiger partial charge in [0.15, 0.2) is 18.2 Å². The Morgan fingerprint density at radius 3 is 2.17 bits per heavy atom. The molecule has 18 nitrogen and oxygen atoms in total. The van der Waals surface area contributed by atoms with E-state index in [1.807, 2.05) is 58.5 Å². The summed E-state index contributed by atoms with van der Waals surface area (Å²) in [4.78, 5) is 85.4. The number of fused-ring (bicyclic) bond motifs is 1. The molecule has 3 fully saturated rings. The van der Waals surface area contributed by atoms with E-state index in [1.165, 1.54) is 13.8 Å². The minimum atomic E-state index is -1.87. The van der Waals surface area contributed by atoms with Gasteiger partial charge in [0.1, 0.15) is 42.0 Å². The maximum atomic E-state index is 14.4. The molecule has 438 valence electrons. The van der Waals surface area contributed by atoms with Crippen LogP contribution in [0.3, 0.4) is 0 Å². The number of nitrogens with zero attached hydrogens (tertiary/aromatic N) is 2. The van der Waals surface area contributed by atoms with Gasteiger partial charge >= 0.3 is 29.8 Å². The van der Waals surface area contributed by atoms with Crippen molar-refractivity contribution in [2.75, 3.05) is 27.7 Å². The van der Waals surface area contributed by atoms with Crippen molar-refractivity contribution in [3.63, 3.8) is 0 Å². The first-order valence-electron chi connectivity index (χ1n) is 28.6. The predicted octanol–water partition coefficient (Wildman–Crippen LogP) is 6.66. The first kappa shape index (κ1) is 64.0. The number of allylic oxidation sites excluding steroid dienone is 3. The van der Waals surface area contributed by atoms with Crippen LogP contribution in [-0.4, -0.2) is 167 Å². The van der Waals surface area contributed by atoms with Crippen LogP contribution < -0.4 is 0 Å². The lowest BCUT2D eigenvalue weighted by Gasteiger charge is -2.46. The summed E-state index contributed by atoms with van der Waals surface area (Å²) in [5.74, 6) is -5.87. The highest BCUT2D eigenvalue weighted by molar-refractivity contribution is 6.00. The van der Waals surface area contributed by atoms with Crippen molar-refractivity contribution >= 4 is 35.6 Å². The fourth-order valence-corrected chi connectivity index (χ4v) is 12.5. The first-order chi connectivity index (χ1) is 35.8. The number of likely N-dealkylation sites (N-methyl/N-ethyl adjacent to an activating group) is 2. The number of ether oxygens (including phenoxy) is 7. The molecule has 20 atom stereocenters. The van der Waals surface area contributed by atoms with E-state index in [9.17, 15) is 44.1 Å². The van der Waals surface area contributed by atoms with E-state index in [-0.39, 0.29) is 73.8 Å². The summed E-state index contributed by atoms with van der Waals surface area (Å²) in [6, 6.07) is -1.08. The molecule has 5 aliphatic rings. The highest BCUT2D eigenvalue weighted by Crippen LogP contribution is 2.46. The number of hydrogen-bond donors (Lipinski definition) is 3. The molecule has 0 unspecified atom stereocenters. The van der Waals surface area contributed by atoms with E-state index in [0.717, 1.165) is 12.0 Å². The third-order valence-electron chi connectivity index (χ3n) is 17.7. The van der Waals surface area contributed by atoms with Crippen LogP contribution >= 0.6 is 0 Å². The van der Waals surface area contributed by atoms with Crippen LogP contribution in [0.2, 0.25) is 0 Å². The number of aliphatic hydroxyl groups excluding tert-OH is 1. The van der Waals surface area contributed by atoms with Gasteiger partial charge in [0, 0.05) is 30.8 Å².